The highest BCUT2D eigenvalue weighted by molar-refractivity contribution is 6.08. The molecule has 0 aliphatic heterocycles. The molecule has 3 rings (SSSR count). The van der Waals surface area contributed by atoms with Gasteiger partial charge in [0.05, 0.1) is 0 Å². The zero-order valence-corrected chi connectivity index (χ0v) is 17.6. The van der Waals surface area contributed by atoms with E-state index >= 15 is 0 Å². The molecule has 0 aliphatic rings. The Balaban J connectivity index is 1.95. The molecule has 0 atom stereocenters. The first-order valence-electron chi connectivity index (χ1n) is 9.73. The minimum atomic E-state index is -0.342. The summed E-state index contributed by atoms with van der Waals surface area (Å²) in [6.45, 7) is 10.0. The maximum atomic E-state index is 13.1. The van der Waals surface area contributed by atoms with E-state index in [2.05, 4.69) is 16.0 Å². The number of benzene rings is 2. The minimum absolute atomic E-state index is 0.0547. The van der Waals surface area contributed by atoms with Crippen molar-refractivity contribution in [2.75, 3.05) is 0 Å². The molecule has 0 spiro atoms. The average Bonchev–Trinajstić information content (AvgIpc) is 2.63. The number of hydrogen-bond acceptors (Lipinski definition) is 4. The molecule has 5 nitrogen and oxygen atoms in total. The summed E-state index contributed by atoms with van der Waals surface area (Å²) in [7, 11) is 0. The smallest absolute Gasteiger partial charge is 0.297 e. The Hall–Kier alpha value is -3.21. The van der Waals surface area contributed by atoms with Crippen molar-refractivity contribution < 1.29 is 9.53 Å². The van der Waals surface area contributed by atoms with Crippen molar-refractivity contribution in [3.8, 4) is 6.01 Å². The molecule has 0 amide bonds. The van der Waals surface area contributed by atoms with Crippen LogP contribution in [0, 0.1) is 27.7 Å². The molecule has 0 saturated carbocycles. The Kier molecular flexibility index (Phi) is 5.97. The molecule has 1 N–H and O–H groups in total. The number of ketones is 1. The Morgan fingerprint density at radius 2 is 1.48 bits per heavy atom. The van der Waals surface area contributed by atoms with Crippen LogP contribution in [0.25, 0.3) is 0 Å². The lowest BCUT2D eigenvalue weighted by atomic mass is 9.99. The monoisotopic (exact) mass is 390 g/mol. The third kappa shape index (κ3) is 4.80. The van der Waals surface area contributed by atoms with Crippen LogP contribution in [0.4, 0.5) is 0 Å². The molecule has 3 aromatic rings. The van der Waals surface area contributed by atoms with Crippen molar-refractivity contribution in [2.45, 2.75) is 47.6 Å². The van der Waals surface area contributed by atoms with Crippen molar-refractivity contribution in [3.05, 3.63) is 91.4 Å². The Labute approximate surface area is 170 Å². The third-order valence-corrected chi connectivity index (χ3v) is 4.70. The van der Waals surface area contributed by atoms with Gasteiger partial charge in [0.15, 0.2) is 0 Å². The predicted molar refractivity (Wildman–Crippen MR) is 114 cm³/mol. The number of H-pyrrole nitrogens is 1. The highest BCUT2D eigenvalue weighted by Gasteiger charge is 2.20. The summed E-state index contributed by atoms with van der Waals surface area (Å²) in [6.07, 6.45) is 0.408. The summed E-state index contributed by atoms with van der Waals surface area (Å²) >= 11 is 0. The van der Waals surface area contributed by atoms with Gasteiger partial charge in [-0.3, -0.25) is 14.6 Å². The number of aromatic nitrogens is 2. The van der Waals surface area contributed by atoms with Gasteiger partial charge in [-0.2, -0.15) is 4.98 Å². The average molecular weight is 390 g/mol. The maximum absolute atomic E-state index is 13.1. The number of nitrogens with one attached hydrogen (secondary N) is 1. The topological polar surface area (TPSA) is 72.0 Å². The molecule has 0 bridgehead atoms. The number of ether oxygens (including phenoxy) is 1. The number of hydrogen-bond donors (Lipinski definition) is 1. The van der Waals surface area contributed by atoms with Crippen molar-refractivity contribution in [1.82, 2.24) is 9.97 Å². The molecule has 2 aromatic carbocycles. The van der Waals surface area contributed by atoms with Crippen LogP contribution in [0.5, 0.6) is 6.01 Å². The molecule has 0 radical (unpaired) electrons. The molecule has 0 saturated heterocycles. The molecule has 1 heterocycles. The number of rotatable bonds is 6. The zero-order valence-electron chi connectivity index (χ0n) is 17.6. The van der Waals surface area contributed by atoms with E-state index in [0.29, 0.717) is 17.5 Å². The highest BCUT2D eigenvalue weighted by atomic mass is 16.5. The second kappa shape index (κ2) is 8.43. The zero-order chi connectivity index (χ0) is 21.1. The first kappa shape index (κ1) is 20.5. The fraction of sp³-hybridized carbons (Fsp3) is 0.292. The quantitative estimate of drug-likeness (QED) is 0.634. The fourth-order valence-electron chi connectivity index (χ4n) is 3.61. The molecule has 0 unspecified atom stereocenters. The van der Waals surface area contributed by atoms with Crippen LogP contribution in [-0.4, -0.2) is 15.8 Å². The SMILES string of the molecule is CCc1c(C(=O)c2cc(C)cc(C)c2)nc(OCc2cc(C)cc(C)c2)[nH]c1=O. The van der Waals surface area contributed by atoms with Crippen LogP contribution < -0.4 is 10.3 Å². The number of carbonyl (C=O) groups is 1. The third-order valence-electron chi connectivity index (χ3n) is 4.70. The summed E-state index contributed by atoms with van der Waals surface area (Å²) in [4.78, 5) is 32.7. The van der Waals surface area contributed by atoms with E-state index < -0.39 is 0 Å². The molecule has 1 aromatic heterocycles. The van der Waals surface area contributed by atoms with Gasteiger partial charge in [0.2, 0.25) is 5.78 Å². The van der Waals surface area contributed by atoms with Crippen LogP contribution in [0.3, 0.4) is 0 Å². The minimum Gasteiger partial charge on any atom is -0.460 e. The number of aromatic amines is 1. The molecule has 150 valence electrons. The van der Waals surface area contributed by atoms with Gasteiger partial charge in [0, 0.05) is 11.1 Å². The summed E-state index contributed by atoms with van der Waals surface area (Å²) < 4.78 is 5.74. The lowest BCUT2D eigenvalue weighted by molar-refractivity contribution is 0.103. The van der Waals surface area contributed by atoms with Crippen LogP contribution in [-0.2, 0) is 13.0 Å². The number of nitrogens with zero attached hydrogens (tertiary/aromatic N) is 1. The van der Waals surface area contributed by atoms with Gasteiger partial charge in [0.25, 0.3) is 11.6 Å². The molecule has 0 fully saturated rings. The Bertz CT molecular complexity index is 1090. The van der Waals surface area contributed by atoms with Gasteiger partial charge >= 0.3 is 0 Å². The van der Waals surface area contributed by atoms with E-state index in [1.54, 1.807) is 0 Å². The fourth-order valence-corrected chi connectivity index (χ4v) is 3.61. The molecular weight excluding hydrogens is 364 g/mol. The Morgan fingerprint density at radius 3 is 2.03 bits per heavy atom. The predicted octanol–water partition coefficient (Wildman–Crippen LogP) is 4.38. The molecule has 0 aliphatic carbocycles. The molecule has 29 heavy (non-hydrogen) atoms. The van der Waals surface area contributed by atoms with E-state index in [1.807, 2.05) is 65.0 Å². The van der Waals surface area contributed by atoms with Crippen LogP contribution >= 0.6 is 0 Å². The normalized spacial score (nSPS) is 10.8. The second-order valence-corrected chi connectivity index (χ2v) is 7.54. The summed E-state index contributed by atoms with van der Waals surface area (Å²) in [5.74, 6) is -0.268. The van der Waals surface area contributed by atoms with E-state index in [1.165, 1.54) is 0 Å². The largest absolute Gasteiger partial charge is 0.460 e. The van der Waals surface area contributed by atoms with Gasteiger partial charge in [-0.05, 0) is 51.8 Å². The van der Waals surface area contributed by atoms with Gasteiger partial charge in [-0.15, -0.1) is 0 Å². The number of aryl methyl sites for hydroxylation is 4. The lowest BCUT2D eigenvalue weighted by Gasteiger charge is -2.11. The van der Waals surface area contributed by atoms with Crippen molar-refractivity contribution in [3.63, 3.8) is 0 Å². The van der Waals surface area contributed by atoms with E-state index in [0.717, 1.165) is 27.8 Å². The van der Waals surface area contributed by atoms with Gasteiger partial charge in [-0.25, -0.2) is 0 Å². The lowest BCUT2D eigenvalue weighted by Crippen LogP contribution is -2.22. The van der Waals surface area contributed by atoms with Crippen molar-refractivity contribution >= 4 is 5.78 Å². The molecular formula is C24H26N2O3. The standard InChI is InChI=1S/C24H26N2O3/c1-6-20-21(22(27)19-11-16(4)8-17(5)12-19)25-24(26-23(20)28)29-13-18-9-14(2)7-15(3)10-18/h7-12H,6,13H2,1-5H3,(H,25,26,28). The number of carbonyl (C=O) groups excluding carboxylic acids is 1. The summed E-state index contributed by atoms with van der Waals surface area (Å²) in [6, 6.07) is 11.8. The first-order valence-corrected chi connectivity index (χ1v) is 9.73. The first-order chi connectivity index (χ1) is 13.8. The highest BCUT2D eigenvalue weighted by Crippen LogP contribution is 2.17. The van der Waals surface area contributed by atoms with Crippen molar-refractivity contribution in [1.29, 1.82) is 0 Å². The van der Waals surface area contributed by atoms with E-state index in [4.69, 9.17) is 4.74 Å². The van der Waals surface area contributed by atoms with Gasteiger partial charge in [0.1, 0.15) is 12.3 Å². The second-order valence-electron chi connectivity index (χ2n) is 7.54. The van der Waals surface area contributed by atoms with E-state index in [9.17, 15) is 9.59 Å². The van der Waals surface area contributed by atoms with Crippen LogP contribution in [0.1, 0.15) is 56.4 Å². The summed E-state index contributed by atoms with van der Waals surface area (Å²) in [5, 5.41) is 0. The van der Waals surface area contributed by atoms with Gasteiger partial charge in [-0.1, -0.05) is 53.4 Å². The maximum Gasteiger partial charge on any atom is 0.297 e. The molecule has 5 heteroatoms. The van der Waals surface area contributed by atoms with Crippen molar-refractivity contribution in [2.24, 2.45) is 0 Å². The van der Waals surface area contributed by atoms with Crippen LogP contribution in [0.2, 0.25) is 0 Å². The van der Waals surface area contributed by atoms with Crippen LogP contribution in [0.15, 0.2) is 41.2 Å². The van der Waals surface area contributed by atoms with Gasteiger partial charge < -0.3 is 4.74 Å². The Morgan fingerprint density at radius 1 is 0.931 bits per heavy atom. The van der Waals surface area contributed by atoms with E-state index in [-0.39, 0.29) is 29.7 Å². The summed E-state index contributed by atoms with van der Waals surface area (Å²) in [5.41, 5.74) is 5.93.